The van der Waals surface area contributed by atoms with Gasteiger partial charge >= 0.3 is 0 Å². The van der Waals surface area contributed by atoms with Gasteiger partial charge in [-0.1, -0.05) is 12.1 Å². The number of nitrogens with one attached hydrogen (secondary N) is 2. The summed E-state index contributed by atoms with van der Waals surface area (Å²) in [5, 5.41) is 3.25. The van der Waals surface area contributed by atoms with Gasteiger partial charge in [0, 0.05) is 23.2 Å². The summed E-state index contributed by atoms with van der Waals surface area (Å²) < 4.78 is 11.6. The second kappa shape index (κ2) is 9.52. The van der Waals surface area contributed by atoms with Crippen LogP contribution in [0.1, 0.15) is 21.9 Å². The Kier molecular flexibility index (Phi) is 6.83. The molecule has 4 rings (SSSR count). The van der Waals surface area contributed by atoms with Crippen LogP contribution >= 0.6 is 11.8 Å². The first-order valence-electron chi connectivity index (χ1n) is 8.43. The van der Waals surface area contributed by atoms with E-state index in [1.165, 1.54) is 18.0 Å². The van der Waals surface area contributed by atoms with Crippen LogP contribution in [0.2, 0.25) is 0 Å². The highest BCUT2D eigenvalue weighted by molar-refractivity contribution is 8.01. The van der Waals surface area contributed by atoms with Crippen molar-refractivity contribution in [3.05, 3.63) is 60.2 Å². The Labute approximate surface area is 172 Å². The third-order valence-corrected chi connectivity index (χ3v) is 6.58. The predicted octanol–water partition coefficient (Wildman–Crippen LogP) is 0.0401. The van der Waals surface area contributed by atoms with E-state index < -0.39 is 27.9 Å². The van der Waals surface area contributed by atoms with Crippen molar-refractivity contribution in [1.82, 2.24) is 20.6 Å². The minimum absolute atomic E-state index is 0.146. The second-order valence-electron chi connectivity index (χ2n) is 5.93. The molecule has 0 saturated carbocycles. The standard InChI is InChI=1S/C9H8N2O3S.C9H8N2O2S/c12-7-5-15(14)8(9(13)11-7)6-3-1-2-4-10-6;12-7-5-14-8(9(13)11-7)6-3-1-2-4-10-6/h1-4,8H,5H2,(H,11,12,13);1-4,8H,5H2,(H,11,12,13). The van der Waals surface area contributed by atoms with E-state index in [-0.39, 0.29) is 22.8 Å². The lowest BCUT2D eigenvalue weighted by Gasteiger charge is -2.19. The number of hydrogen-bond acceptors (Lipinski definition) is 8. The zero-order chi connectivity index (χ0) is 20.8. The third-order valence-electron chi connectivity index (χ3n) is 3.83. The van der Waals surface area contributed by atoms with E-state index in [0.717, 1.165) is 0 Å². The lowest BCUT2D eigenvalue weighted by molar-refractivity contribution is -0.131. The topological polar surface area (TPSA) is 135 Å². The first kappa shape index (κ1) is 20.8. The smallest absolute Gasteiger partial charge is 0.248 e. The molecule has 2 N–H and O–H groups in total. The molecule has 2 saturated heterocycles. The first-order valence-corrected chi connectivity index (χ1v) is 10.9. The zero-order valence-corrected chi connectivity index (χ0v) is 16.6. The normalized spacial score (nSPS) is 24.1. The quantitative estimate of drug-likeness (QED) is 0.635. The molecule has 3 atom stereocenters. The van der Waals surface area contributed by atoms with Crippen molar-refractivity contribution in [2.45, 2.75) is 10.5 Å². The van der Waals surface area contributed by atoms with E-state index in [9.17, 15) is 23.4 Å². The predicted molar refractivity (Wildman–Crippen MR) is 106 cm³/mol. The van der Waals surface area contributed by atoms with Gasteiger partial charge in [0.25, 0.3) is 0 Å². The summed E-state index contributed by atoms with van der Waals surface area (Å²) in [5.74, 6) is -1.37. The maximum absolute atomic E-state index is 11.6. The Morgan fingerprint density at radius 2 is 1.48 bits per heavy atom. The highest BCUT2D eigenvalue weighted by Gasteiger charge is 2.35. The SMILES string of the molecule is O=C1CS(=O)C(c2ccccn2)C(=O)N1.O=C1CSC(c2ccccn2)C(=O)N1. The second-order valence-corrected chi connectivity index (χ2v) is 8.55. The van der Waals surface area contributed by atoms with Gasteiger partial charge in [-0.15, -0.1) is 11.8 Å². The number of pyridine rings is 2. The number of rotatable bonds is 2. The first-order chi connectivity index (χ1) is 14.0. The molecule has 29 heavy (non-hydrogen) atoms. The van der Waals surface area contributed by atoms with Crippen molar-refractivity contribution in [3.63, 3.8) is 0 Å². The fourth-order valence-electron chi connectivity index (χ4n) is 2.60. The molecule has 2 fully saturated rings. The minimum Gasteiger partial charge on any atom is -0.294 e. The molecule has 2 aliphatic heterocycles. The summed E-state index contributed by atoms with van der Waals surface area (Å²) in [4.78, 5) is 52.7. The minimum atomic E-state index is -1.51. The molecule has 0 spiro atoms. The molecule has 0 aromatic carbocycles. The number of carbonyl (C=O) groups excluding carboxylic acids is 4. The summed E-state index contributed by atoms with van der Waals surface area (Å²) >= 11 is 1.31. The number of aromatic nitrogens is 2. The number of imide groups is 2. The molecule has 2 aromatic heterocycles. The Hall–Kier alpha value is -2.92. The number of amides is 4. The van der Waals surface area contributed by atoms with E-state index in [1.54, 1.807) is 36.5 Å². The van der Waals surface area contributed by atoms with Crippen LogP contribution in [0.4, 0.5) is 0 Å². The van der Waals surface area contributed by atoms with E-state index in [2.05, 4.69) is 20.6 Å². The summed E-state index contributed by atoms with van der Waals surface area (Å²) in [7, 11) is -1.51. The molecule has 0 radical (unpaired) electrons. The summed E-state index contributed by atoms with van der Waals surface area (Å²) in [6.45, 7) is 0. The molecule has 4 amide bonds. The number of thioether (sulfide) groups is 1. The Morgan fingerprint density at radius 1 is 0.862 bits per heavy atom. The molecular weight excluding hydrogens is 416 g/mol. The fourth-order valence-corrected chi connectivity index (χ4v) is 4.71. The number of nitrogens with zero attached hydrogens (tertiary/aromatic N) is 2. The van der Waals surface area contributed by atoms with Gasteiger partial charge in [0.15, 0.2) is 5.25 Å². The summed E-state index contributed by atoms with van der Waals surface area (Å²) in [5.41, 5.74) is 1.13. The maximum Gasteiger partial charge on any atom is 0.248 e. The van der Waals surface area contributed by atoms with Crippen molar-refractivity contribution >= 4 is 46.2 Å². The van der Waals surface area contributed by atoms with Gasteiger partial charge in [-0.25, -0.2) is 0 Å². The van der Waals surface area contributed by atoms with Crippen molar-refractivity contribution < 1.29 is 23.4 Å². The van der Waals surface area contributed by atoms with Crippen LogP contribution in [-0.2, 0) is 30.0 Å². The largest absolute Gasteiger partial charge is 0.294 e. The molecule has 2 aliphatic rings. The third kappa shape index (κ3) is 5.33. The molecule has 11 heteroatoms. The van der Waals surface area contributed by atoms with E-state index in [0.29, 0.717) is 17.1 Å². The van der Waals surface area contributed by atoms with Gasteiger partial charge < -0.3 is 0 Å². The van der Waals surface area contributed by atoms with Crippen molar-refractivity contribution in [1.29, 1.82) is 0 Å². The van der Waals surface area contributed by atoms with E-state index in [4.69, 9.17) is 0 Å². The van der Waals surface area contributed by atoms with Crippen molar-refractivity contribution in [3.8, 4) is 0 Å². The average molecular weight is 432 g/mol. The van der Waals surface area contributed by atoms with Crippen LogP contribution in [0, 0.1) is 0 Å². The van der Waals surface area contributed by atoms with Crippen LogP contribution in [0.25, 0.3) is 0 Å². The average Bonchev–Trinajstić information content (AvgIpc) is 2.69. The Morgan fingerprint density at radius 3 is 2.03 bits per heavy atom. The fraction of sp³-hybridized carbons (Fsp3) is 0.222. The molecule has 4 heterocycles. The van der Waals surface area contributed by atoms with Gasteiger partial charge in [0.2, 0.25) is 23.6 Å². The molecule has 150 valence electrons. The van der Waals surface area contributed by atoms with Gasteiger partial charge in [-0.05, 0) is 24.3 Å². The van der Waals surface area contributed by atoms with Crippen LogP contribution in [-0.4, -0.2) is 49.3 Å². The summed E-state index contributed by atoms with van der Waals surface area (Å²) in [6, 6.07) is 10.4. The van der Waals surface area contributed by atoms with Gasteiger partial charge in [0.05, 0.1) is 17.1 Å². The highest BCUT2D eigenvalue weighted by atomic mass is 32.2. The molecule has 9 nitrogen and oxygen atoms in total. The maximum atomic E-state index is 11.6. The van der Waals surface area contributed by atoms with Crippen LogP contribution in [0.15, 0.2) is 48.8 Å². The molecular formula is C18H16N4O5S2. The zero-order valence-electron chi connectivity index (χ0n) is 14.9. The van der Waals surface area contributed by atoms with Gasteiger partial charge in [-0.2, -0.15) is 0 Å². The number of carbonyl (C=O) groups is 4. The molecule has 3 unspecified atom stereocenters. The van der Waals surface area contributed by atoms with Gasteiger partial charge in [-0.3, -0.25) is 44.0 Å². The van der Waals surface area contributed by atoms with E-state index in [1.807, 2.05) is 6.07 Å². The number of hydrogen-bond donors (Lipinski definition) is 2. The molecule has 0 aliphatic carbocycles. The van der Waals surface area contributed by atoms with E-state index >= 15 is 0 Å². The highest BCUT2D eigenvalue weighted by Crippen LogP contribution is 2.29. The Bertz CT molecular complexity index is 935. The van der Waals surface area contributed by atoms with Gasteiger partial charge in [0.1, 0.15) is 11.0 Å². The van der Waals surface area contributed by atoms with Crippen LogP contribution in [0.5, 0.6) is 0 Å². The molecule has 2 aromatic rings. The lowest BCUT2D eigenvalue weighted by Crippen LogP contribution is -2.45. The van der Waals surface area contributed by atoms with Crippen molar-refractivity contribution in [2.24, 2.45) is 0 Å². The van der Waals surface area contributed by atoms with Crippen LogP contribution < -0.4 is 10.6 Å². The summed E-state index contributed by atoms with van der Waals surface area (Å²) in [6.07, 6.45) is 3.16. The Balaban J connectivity index is 0.000000166. The monoisotopic (exact) mass is 432 g/mol. The lowest BCUT2D eigenvalue weighted by atomic mass is 10.2. The molecule has 0 bridgehead atoms. The van der Waals surface area contributed by atoms with Crippen LogP contribution in [0.3, 0.4) is 0 Å². The van der Waals surface area contributed by atoms with Crippen molar-refractivity contribution in [2.75, 3.05) is 11.5 Å².